The molecule has 0 saturated carbocycles. The van der Waals surface area contributed by atoms with Gasteiger partial charge in [0.05, 0.1) is 6.61 Å². The monoisotopic (exact) mass is 302 g/mol. The molecule has 112 valence electrons. The van der Waals surface area contributed by atoms with Crippen molar-refractivity contribution in [3.63, 3.8) is 0 Å². The summed E-state index contributed by atoms with van der Waals surface area (Å²) in [4.78, 5) is 0. The van der Waals surface area contributed by atoms with Crippen molar-refractivity contribution >= 4 is 11.8 Å². The molecular formula is C18H22O2S. The molecule has 0 atom stereocenters. The van der Waals surface area contributed by atoms with Crippen LogP contribution in [-0.4, -0.2) is 20.3 Å². The molecule has 2 aliphatic carbocycles. The average Bonchev–Trinajstić information content (AvgIpc) is 2.95. The maximum Gasteiger partial charge on any atom is 0.131 e. The van der Waals surface area contributed by atoms with Gasteiger partial charge >= 0.3 is 0 Å². The summed E-state index contributed by atoms with van der Waals surface area (Å²) in [5.41, 5.74) is 6.84. The first kappa shape index (κ1) is 14.7. The van der Waals surface area contributed by atoms with Crippen LogP contribution in [0.3, 0.4) is 0 Å². The number of ether oxygens (including phenoxy) is 2. The molecule has 0 radical (unpaired) electrons. The highest BCUT2D eigenvalue weighted by atomic mass is 32.2. The molecule has 0 saturated heterocycles. The van der Waals surface area contributed by atoms with Crippen LogP contribution in [0.25, 0.3) is 11.1 Å². The molecule has 0 amide bonds. The van der Waals surface area contributed by atoms with Crippen LogP contribution in [0.15, 0.2) is 24.3 Å². The molecule has 2 nitrogen and oxygen atoms in total. The largest absolute Gasteiger partial charge is 0.490 e. The fourth-order valence-corrected chi connectivity index (χ4v) is 4.01. The third-order valence-electron chi connectivity index (χ3n) is 4.08. The van der Waals surface area contributed by atoms with Gasteiger partial charge in [0.15, 0.2) is 0 Å². The fraction of sp³-hybridized carbons (Fsp3) is 0.444. The van der Waals surface area contributed by atoms with Crippen molar-refractivity contribution in [3.05, 3.63) is 41.0 Å². The zero-order chi connectivity index (χ0) is 14.8. The topological polar surface area (TPSA) is 18.5 Å². The Bertz CT molecular complexity index is 607. The third kappa shape index (κ3) is 2.77. The number of rotatable bonds is 5. The minimum Gasteiger partial charge on any atom is -0.490 e. The summed E-state index contributed by atoms with van der Waals surface area (Å²) in [6, 6.07) is 9.00. The van der Waals surface area contributed by atoms with Crippen LogP contribution < -0.4 is 4.74 Å². The maximum atomic E-state index is 6.05. The number of fused-ring (bicyclic) bond motifs is 3. The number of methoxy groups -OCH3 is 1. The zero-order valence-corrected chi connectivity index (χ0v) is 13.8. The Morgan fingerprint density at radius 3 is 2.43 bits per heavy atom. The molecule has 0 aromatic heterocycles. The van der Waals surface area contributed by atoms with Crippen LogP contribution in [0, 0.1) is 0 Å². The molecule has 3 rings (SSSR count). The summed E-state index contributed by atoms with van der Waals surface area (Å²) in [7, 11) is 1.71. The second kappa shape index (κ2) is 6.29. The van der Waals surface area contributed by atoms with Crippen LogP contribution >= 0.6 is 11.8 Å². The second-order valence-corrected chi connectivity index (χ2v) is 6.75. The molecule has 0 N–H and O–H groups in total. The Kier molecular flexibility index (Phi) is 4.41. The van der Waals surface area contributed by atoms with Gasteiger partial charge in [-0.15, -0.1) is 0 Å². The average molecular weight is 302 g/mol. The zero-order valence-electron chi connectivity index (χ0n) is 12.9. The molecule has 0 unspecified atom stereocenters. The van der Waals surface area contributed by atoms with Crippen molar-refractivity contribution in [2.24, 2.45) is 0 Å². The van der Waals surface area contributed by atoms with Gasteiger partial charge in [-0.05, 0) is 22.6 Å². The Morgan fingerprint density at radius 2 is 1.71 bits per heavy atom. The van der Waals surface area contributed by atoms with Crippen LogP contribution in [0.1, 0.15) is 36.5 Å². The molecule has 0 aromatic carbocycles. The van der Waals surface area contributed by atoms with Crippen molar-refractivity contribution in [1.29, 1.82) is 0 Å². The van der Waals surface area contributed by atoms with Crippen LogP contribution in [0.2, 0.25) is 0 Å². The second-order valence-electron chi connectivity index (χ2n) is 5.77. The van der Waals surface area contributed by atoms with E-state index in [0.29, 0.717) is 19.1 Å². The normalized spacial score (nSPS) is 13.9. The minimum atomic E-state index is 0.543. The van der Waals surface area contributed by atoms with Crippen molar-refractivity contribution in [1.82, 2.24) is 0 Å². The van der Waals surface area contributed by atoms with E-state index in [1.165, 1.54) is 27.8 Å². The van der Waals surface area contributed by atoms with E-state index >= 15 is 0 Å². The number of hydrogen-bond acceptors (Lipinski definition) is 3. The Balaban J connectivity index is 2.05. The van der Waals surface area contributed by atoms with Gasteiger partial charge < -0.3 is 9.47 Å². The predicted octanol–water partition coefficient (Wildman–Crippen LogP) is 4.69. The highest BCUT2D eigenvalue weighted by Gasteiger charge is 2.27. The van der Waals surface area contributed by atoms with E-state index < -0.39 is 0 Å². The van der Waals surface area contributed by atoms with Crippen molar-refractivity contribution < 1.29 is 9.47 Å². The molecule has 21 heavy (non-hydrogen) atoms. The lowest BCUT2D eigenvalue weighted by Crippen LogP contribution is -2.05. The molecule has 0 spiro atoms. The van der Waals surface area contributed by atoms with Gasteiger partial charge in [0.1, 0.15) is 12.4 Å². The highest BCUT2D eigenvalue weighted by Crippen LogP contribution is 2.49. The molecular weight excluding hydrogens is 280 g/mol. The third-order valence-corrected chi connectivity index (χ3v) is 5.06. The Hall–Kier alpha value is -1.19. The summed E-state index contributed by atoms with van der Waals surface area (Å²) in [6.45, 7) is 5.71. The van der Waals surface area contributed by atoms with Crippen LogP contribution in [-0.2, 0) is 16.2 Å². The van der Waals surface area contributed by atoms with Gasteiger partial charge in [-0.25, -0.2) is 0 Å². The van der Waals surface area contributed by atoms with Crippen molar-refractivity contribution in [2.75, 3.05) is 20.3 Å². The summed E-state index contributed by atoms with van der Waals surface area (Å²) in [6.07, 6.45) is 0. The highest BCUT2D eigenvalue weighted by molar-refractivity contribution is 7.98. The van der Waals surface area contributed by atoms with E-state index in [9.17, 15) is 0 Å². The van der Waals surface area contributed by atoms with Gasteiger partial charge in [0.2, 0.25) is 0 Å². The van der Waals surface area contributed by atoms with E-state index in [4.69, 9.17) is 9.47 Å². The van der Waals surface area contributed by atoms with Crippen LogP contribution in [0.4, 0.5) is 0 Å². The lowest BCUT2D eigenvalue weighted by Gasteiger charge is -2.08. The lowest BCUT2D eigenvalue weighted by atomic mass is 10.1. The molecule has 3 heteroatoms. The van der Waals surface area contributed by atoms with Gasteiger partial charge in [-0.1, -0.05) is 38.1 Å². The van der Waals surface area contributed by atoms with E-state index in [1.54, 1.807) is 7.11 Å². The summed E-state index contributed by atoms with van der Waals surface area (Å²) >= 11 is 1.97. The first-order valence-electron chi connectivity index (χ1n) is 7.49. The van der Waals surface area contributed by atoms with Gasteiger partial charge in [0.25, 0.3) is 0 Å². The van der Waals surface area contributed by atoms with E-state index in [0.717, 1.165) is 17.3 Å². The number of thioether (sulfide) groups is 1. The summed E-state index contributed by atoms with van der Waals surface area (Å²) in [5, 5.41) is 0. The number of hydrogen-bond donors (Lipinski definition) is 0. The first-order chi connectivity index (χ1) is 10.2. The summed E-state index contributed by atoms with van der Waals surface area (Å²) < 4.78 is 11.2. The molecule has 0 bridgehead atoms. The maximum absolute atomic E-state index is 6.05. The quantitative estimate of drug-likeness (QED) is 0.747. The lowest BCUT2D eigenvalue weighted by molar-refractivity contribution is 0.146. The summed E-state index contributed by atoms with van der Waals surface area (Å²) in [5.74, 6) is 3.78. The SMILES string of the molecule is COCCOc1c2ccc(C(C)C)ccc-2c2c1CSC2. The van der Waals surface area contributed by atoms with Gasteiger partial charge in [-0.3, -0.25) is 0 Å². The molecule has 1 aliphatic heterocycles. The molecule has 0 aromatic rings. The van der Waals surface area contributed by atoms with Crippen LogP contribution in [0.5, 0.6) is 5.75 Å². The predicted molar refractivity (Wildman–Crippen MR) is 89.5 cm³/mol. The minimum absolute atomic E-state index is 0.543. The fourth-order valence-electron chi connectivity index (χ4n) is 2.87. The smallest absolute Gasteiger partial charge is 0.131 e. The molecule has 3 aliphatic rings. The first-order valence-corrected chi connectivity index (χ1v) is 8.64. The standard InChI is InChI=1S/C18H22O2S/c1-12(2)13-4-6-14-15(7-5-13)18(20-9-8-19-3)17-11-21-10-16(14)17/h4-7,12H,8-11H2,1-3H3. The Labute approximate surface area is 131 Å². The van der Waals surface area contributed by atoms with Gasteiger partial charge in [-0.2, -0.15) is 11.8 Å². The van der Waals surface area contributed by atoms with Gasteiger partial charge in [0, 0.05) is 29.7 Å². The van der Waals surface area contributed by atoms with Crippen molar-refractivity contribution in [2.45, 2.75) is 31.3 Å². The molecule has 0 fully saturated rings. The van der Waals surface area contributed by atoms with Crippen molar-refractivity contribution in [3.8, 4) is 16.9 Å². The molecule has 1 heterocycles. The van der Waals surface area contributed by atoms with E-state index in [1.807, 2.05) is 11.8 Å². The Morgan fingerprint density at radius 1 is 1.00 bits per heavy atom. The van der Waals surface area contributed by atoms with E-state index in [-0.39, 0.29) is 0 Å². The van der Waals surface area contributed by atoms with E-state index in [2.05, 4.69) is 38.1 Å².